The van der Waals surface area contributed by atoms with Gasteiger partial charge in [0, 0.05) is 0 Å². The van der Waals surface area contributed by atoms with E-state index in [1.54, 1.807) is 18.3 Å². The van der Waals surface area contributed by atoms with Crippen LogP contribution in [0.15, 0.2) is 30.5 Å². The molecule has 0 aliphatic rings. The van der Waals surface area contributed by atoms with Crippen molar-refractivity contribution in [3.05, 3.63) is 41.7 Å². The van der Waals surface area contributed by atoms with Gasteiger partial charge in [0.1, 0.15) is 5.82 Å². The summed E-state index contributed by atoms with van der Waals surface area (Å²) in [7, 11) is 0. The maximum atomic E-state index is 12.5. The molecule has 4 heteroatoms. The number of halogens is 1. The van der Waals surface area contributed by atoms with Crippen molar-refractivity contribution in [2.45, 2.75) is 0 Å². The Morgan fingerprint density at radius 2 is 1.92 bits per heavy atom. The van der Waals surface area contributed by atoms with E-state index in [9.17, 15) is 4.39 Å². The first-order valence-electron chi connectivity index (χ1n) is 3.44. The Bertz CT molecular complexity index is 358. The number of nitrogens with zero attached hydrogens (tertiary/aromatic N) is 1. The van der Waals surface area contributed by atoms with Gasteiger partial charge in [0.25, 0.3) is 0 Å². The maximum absolute atomic E-state index is 12.5. The van der Waals surface area contributed by atoms with E-state index in [1.807, 2.05) is 0 Å². The minimum atomic E-state index is -0.223. The molecule has 0 saturated heterocycles. The van der Waals surface area contributed by atoms with Gasteiger partial charge in [-0.3, -0.25) is 0 Å². The Morgan fingerprint density at radius 1 is 1.23 bits per heavy atom. The first-order valence-corrected chi connectivity index (χ1v) is 4.26. The summed E-state index contributed by atoms with van der Waals surface area (Å²) in [5, 5.41) is 3.75. The summed E-state index contributed by atoms with van der Waals surface area (Å²) in [6.45, 7) is 0. The van der Waals surface area contributed by atoms with E-state index >= 15 is 0 Å². The molecule has 0 aliphatic carbocycles. The first kappa shape index (κ1) is 10.5. The van der Waals surface area contributed by atoms with Crippen molar-refractivity contribution in [1.82, 2.24) is 4.98 Å². The molecule has 13 heavy (non-hydrogen) atoms. The fourth-order valence-electron chi connectivity index (χ4n) is 0.919. The molecule has 1 aromatic heterocycles. The van der Waals surface area contributed by atoms with Gasteiger partial charge < -0.3 is 16.3 Å². The monoisotopic (exact) mass is 185 g/mol. The SMILES string of the molecule is Fc1ccc(-c2nc[c-]s2)cc1.[Li+]. The van der Waals surface area contributed by atoms with Gasteiger partial charge >= 0.3 is 18.9 Å². The molecule has 1 aromatic carbocycles. The van der Waals surface area contributed by atoms with E-state index in [-0.39, 0.29) is 24.7 Å². The van der Waals surface area contributed by atoms with Crippen LogP contribution in [0.4, 0.5) is 4.39 Å². The number of aromatic nitrogens is 1. The van der Waals surface area contributed by atoms with Crippen LogP contribution in [0.5, 0.6) is 0 Å². The summed E-state index contributed by atoms with van der Waals surface area (Å²) in [6.07, 6.45) is 1.61. The van der Waals surface area contributed by atoms with E-state index in [1.165, 1.54) is 23.5 Å². The van der Waals surface area contributed by atoms with Crippen molar-refractivity contribution in [2.24, 2.45) is 0 Å². The van der Waals surface area contributed by atoms with Gasteiger partial charge in [-0.05, 0) is 17.1 Å². The third-order valence-corrected chi connectivity index (χ3v) is 2.24. The zero-order valence-corrected chi connectivity index (χ0v) is 7.94. The summed E-state index contributed by atoms with van der Waals surface area (Å²) in [5.41, 5.74) is 0.933. The molecular weight excluding hydrogens is 180 g/mol. The number of hydrogen-bond donors (Lipinski definition) is 0. The minimum Gasteiger partial charge on any atom is -0.359 e. The van der Waals surface area contributed by atoms with Crippen LogP contribution in [0.2, 0.25) is 0 Å². The van der Waals surface area contributed by atoms with Crippen molar-refractivity contribution in [1.29, 1.82) is 0 Å². The number of hydrogen-bond acceptors (Lipinski definition) is 2. The molecule has 1 heterocycles. The number of benzene rings is 1. The van der Waals surface area contributed by atoms with Gasteiger partial charge in [-0.2, -0.15) is 5.38 Å². The fraction of sp³-hybridized carbons (Fsp3) is 0. The van der Waals surface area contributed by atoms with Crippen LogP contribution in [0.1, 0.15) is 0 Å². The Morgan fingerprint density at radius 3 is 2.46 bits per heavy atom. The van der Waals surface area contributed by atoms with E-state index in [0.29, 0.717) is 0 Å². The molecule has 2 aromatic rings. The summed E-state index contributed by atoms with van der Waals surface area (Å²) in [5.74, 6) is -0.223. The van der Waals surface area contributed by atoms with E-state index in [0.717, 1.165) is 10.6 Å². The Kier molecular flexibility index (Phi) is 3.67. The third-order valence-electron chi connectivity index (χ3n) is 1.48. The Balaban J connectivity index is 0.000000845. The van der Waals surface area contributed by atoms with Crippen LogP contribution in [0.25, 0.3) is 10.6 Å². The standard InChI is InChI=1S/C9H5FNS.Li/c10-8-3-1-7(2-4-8)9-11-5-6-12-9;/h1-5H;/q-1;+1. The first-order chi connectivity index (χ1) is 5.86. The molecule has 0 N–H and O–H groups in total. The minimum absolute atomic E-state index is 0. The predicted octanol–water partition coefficient (Wildman–Crippen LogP) is -0.247. The molecule has 0 saturated carbocycles. The zero-order chi connectivity index (χ0) is 8.39. The van der Waals surface area contributed by atoms with Gasteiger partial charge in [-0.15, -0.1) is 0 Å². The summed E-state index contributed by atoms with van der Waals surface area (Å²) in [4.78, 5) is 4.06. The quantitative estimate of drug-likeness (QED) is 0.441. The van der Waals surface area contributed by atoms with Crippen LogP contribution >= 0.6 is 11.3 Å². The largest absolute Gasteiger partial charge is 1.00 e. The molecule has 0 spiro atoms. The van der Waals surface area contributed by atoms with Crippen molar-refractivity contribution < 1.29 is 23.3 Å². The molecule has 0 bridgehead atoms. The zero-order valence-electron chi connectivity index (χ0n) is 7.12. The van der Waals surface area contributed by atoms with Gasteiger partial charge in [-0.25, -0.2) is 4.39 Å². The smallest absolute Gasteiger partial charge is 0.359 e. The Labute approximate surface area is 91.8 Å². The maximum Gasteiger partial charge on any atom is 1.00 e. The van der Waals surface area contributed by atoms with Crippen molar-refractivity contribution in [2.75, 3.05) is 0 Å². The van der Waals surface area contributed by atoms with Gasteiger partial charge in [-0.1, -0.05) is 23.9 Å². The summed E-state index contributed by atoms with van der Waals surface area (Å²) < 4.78 is 12.5. The number of thiazole rings is 1. The van der Waals surface area contributed by atoms with Crippen LogP contribution < -0.4 is 18.9 Å². The van der Waals surface area contributed by atoms with Crippen molar-refractivity contribution in [3.8, 4) is 10.6 Å². The Hall–Kier alpha value is -0.623. The molecule has 0 fully saturated rings. The molecular formula is C9H5FLiNS. The van der Waals surface area contributed by atoms with E-state index in [2.05, 4.69) is 10.4 Å². The van der Waals surface area contributed by atoms with Gasteiger partial charge in [0.15, 0.2) is 0 Å². The molecule has 2 rings (SSSR count). The summed E-state index contributed by atoms with van der Waals surface area (Å²) >= 11 is 1.42. The molecule has 0 radical (unpaired) electrons. The topological polar surface area (TPSA) is 12.9 Å². The second kappa shape index (κ2) is 4.57. The molecule has 0 amide bonds. The normalized spacial score (nSPS) is 9.31. The van der Waals surface area contributed by atoms with Crippen molar-refractivity contribution in [3.63, 3.8) is 0 Å². The van der Waals surface area contributed by atoms with Crippen LogP contribution in [-0.2, 0) is 0 Å². The predicted molar refractivity (Wildman–Crippen MR) is 46.3 cm³/mol. The third kappa shape index (κ3) is 2.41. The van der Waals surface area contributed by atoms with Crippen LogP contribution in [0, 0.1) is 11.2 Å². The average molecular weight is 185 g/mol. The van der Waals surface area contributed by atoms with Crippen molar-refractivity contribution >= 4 is 11.3 Å². The fourth-order valence-corrected chi connectivity index (χ4v) is 1.50. The molecule has 60 valence electrons. The van der Waals surface area contributed by atoms with Gasteiger partial charge in [0.2, 0.25) is 0 Å². The van der Waals surface area contributed by atoms with E-state index in [4.69, 9.17) is 0 Å². The molecule has 0 aliphatic heterocycles. The van der Waals surface area contributed by atoms with E-state index < -0.39 is 0 Å². The molecule has 1 nitrogen and oxygen atoms in total. The van der Waals surface area contributed by atoms with Gasteiger partial charge in [0.05, 0.1) is 0 Å². The second-order valence-electron chi connectivity index (χ2n) is 2.29. The average Bonchev–Trinajstić information content (AvgIpc) is 2.58. The van der Waals surface area contributed by atoms with Crippen LogP contribution in [0.3, 0.4) is 0 Å². The second-order valence-corrected chi connectivity index (χ2v) is 3.12. The summed E-state index contributed by atoms with van der Waals surface area (Å²) in [6, 6.07) is 6.28. The number of rotatable bonds is 1. The molecule has 0 atom stereocenters. The molecule has 0 unspecified atom stereocenters. The van der Waals surface area contributed by atoms with Crippen LogP contribution in [-0.4, -0.2) is 4.98 Å².